The lowest BCUT2D eigenvalue weighted by atomic mass is 10.1. The maximum atomic E-state index is 9.48. The Hall–Kier alpha value is -2.82. The summed E-state index contributed by atoms with van der Waals surface area (Å²) in [6.07, 6.45) is 1.51. The molecule has 21 heavy (non-hydrogen) atoms. The average Bonchev–Trinajstić information content (AvgIpc) is 2.98. The van der Waals surface area contributed by atoms with E-state index >= 15 is 0 Å². The van der Waals surface area contributed by atoms with Crippen molar-refractivity contribution in [3.63, 3.8) is 0 Å². The van der Waals surface area contributed by atoms with Crippen molar-refractivity contribution in [2.45, 2.75) is 12.8 Å². The highest BCUT2D eigenvalue weighted by molar-refractivity contribution is 5.58. The van der Waals surface area contributed by atoms with Crippen molar-refractivity contribution in [1.82, 2.24) is 10.1 Å². The minimum Gasteiger partial charge on any atom is -0.504 e. The molecule has 2 aromatic carbocycles. The predicted octanol–water partition coefficient (Wildman–Crippen LogP) is 2.93. The quantitative estimate of drug-likeness (QED) is 0.719. The van der Waals surface area contributed by atoms with Crippen LogP contribution in [-0.4, -0.2) is 20.4 Å². The van der Waals surface area contributed by atoms with Gasteiger partial charge >= 0.3 is 0 Å². The largest absolute Gasteiger partial charge is 0.504 e. The molecule has 1 aromatic heterocycles. The van der Waals surface area contributed by atoms with Crippen molar-refractivity contribution >= 4 is 0 Å². The van der Waals surface area contributed by atoms with Crippen LogP contribution in [0.2, 0.25) is 0 Å². The second-order valence-electron chi connectivity index (χ2n) is 4.70. The minimum absolute atomic E-state index is 0.178. The van der Waals surface area contributed by atoms with Crippen LogP contribution in [0.25, 0.3) is 11.5 Å². The van der Waals surface area contributed by atoms with Gasteiger partial charge in [0.2, 0.25) is 0 Å². The van der Waals surface area contributed by atoms with E-state index in [-0.39, 0.29) is 11.5 Å². The lowest BCUT2D eigenvalue weighted by molar-refractivity contribution is 0.402. The molecule has 3 rings (SSSR count). The predicted molar refractivity (Wildman–Crippen MR) is 76.9 cm³/mol. The smallest absolute Gasteiger partial charge is 0.258 e. The molecule has 0 amide bonds. The van der Waals surface area contributed by atoms with Gasteiger partial charge in [0.05, 0.1) is 0 Å². The number of phenols is 2. The third kappa shape index (κ3) is 3.02. The molecule has 0 spiro atoms. The van der Waals surface area contributed by atoms with Gasteiger partial charge in [-0.1, -0.05) is 35.5 Å². The molecule has 0 aliphatic heterocycles. The second kappa shape index (κ2) is 5.66. The normalized spacial score (nSPS) is 10.7. The van der Waals surface area contributed by atoms with Crippen LogP contribution in [0.15, 0.2) is 53.1 Å². The van der Waals surface area contributed by atoms with Crippen molar-refractivity contribution in [1.29, 1.82) is 0 Å². The molecule has 5 heteroatoms. The fourth-order valence-electron chi connectivity index (χ4n) is 2.03. The number of aromatic nitrogens is 2. The van der Waals surface area contributed by atoms with Crippen molar-refractivity contribution in [2.24, 2.45) is 0 Å². The van der Waals surface area contributed by atoms with E-state index in [1.807, 2.05) is 18.2 Å². The number of hydrogen-bond donors (Lipinski definition) is 2. The van der Waals surface area contributed by atoms with Crippen molar-refractivity contribution in [2.75, 3.05) is 0 Å². The molecular weight excluding hydrogens is 268 g/mol. The SMILES string of the molecule is Oc1ccc(-c2nc(CCc3ccccc3)no2)cc1O. The summed E-state index contributed by atoms with van der Waals surface area (Å²) in [4.78, 5) is 4.30. The maximum Gasteiger partial charge on any atom is 0.258 e. The first kappa shape index (κ1) is 13.2. The van der Waals surface area contributed by atoms with E-state index in [4.69, 9.17) is 4.52 Å². The Morgan fingerprint density at radius 3 is 2.48 bits per heavy atom. The van der Waals surface area contributed by atoms with Crippen LogP contribution in [0.3, 0.4) is 0 Å². The third-order valence-electron chi connectivity index (χ3n) is 3.17. The summed E-state index contributed by atoms with van der Waals surface area (Å²) < 4.78 is 5.18. The zero-order chi connectivity index (χ0) is 14.7. The molecule has 106 valence electrons. The number of aromatic hydroxyl groups is 2. The van der Waals surface area contributed by atoms with Crippen LogP contribution in [0.5, 0.6) is 11.5 Å². The lowest BCUT2D eigenvalue weighted by Crippen LogP contribution is -1.93. The monoisotopic (exact) mass is 282 g/mol. The fraction of sp³-hybridized carbons (Fsp3) is 0.125. The lowest BCUT2D eigenvalue weighted by Gasteiger charge is -1.98. The molecule has 0 unspecified atom stereocenters. The van der Waals surface area contributed by atoms with Crippen LogP contribution < -0.4 is 0 Å². The van der Waals surface area contributed by atoms with Crippen LogP contribution in [-0.2, 0) is 12.8 Å². The number of hydrogen-bond acceptors (Lipinski definition) is 5. The van der Waals surface area contributed by atoms with E-state index in [1.54, 1.807) is 6.07 Å². The number of aryl methyl sites for hydroxylation is 2. The van der Waals surface area contributed by atoms with Gasteiger partial charge in [-0.25, -0.2) is 0 Å². The van der Waals surface area contributed by atoms with Gasteiger partial charge in [-0.3, -0.25) is 0 Å². The average molecular weight is 282 g/mol. The van der Waals surface area contributed by atoms with E-state index in [0.717, 1.165) is 6.42 Å². The fourth-order valence-corrected chi connectivity index (χ4v) is 2.03. The van der Waals surface area contributed by atoms with Gasteiger partial charge in [0.25, 0.3) is 5.89 Å². The molecule has 2 N–H and O–H groups in total. The van der Waals surface area contributed by atoms with Gasteiger partial charge in [-0.15, -0.1) is 0 Å². The summed E-state index contributed by atoms with van der Waals surface area (Å²) in [7, 11) is 0. The molecule has 5 nitrogen and oxygen atoms in total. The summed E-state index contributed by atoms with van der Waals surface area (Å²) >= 11 is 0. The van der Waals surface area contributed by atoms with Gasteiger partial charge in [0.15, 0.2) is 17.3 Å². The first-order valence-electron chi connectivity index (χ1n) is 6.61. The number of benzene rings is 2. The molecule has 0 atom stereocenters. The molecule has 0 aliphatic rings. The third-order valence-corrected chi connectivity index (χ3v) is 3.17. The minimum atomic E-state index is -0.212. The molecule has 0 saturated carbocycles. The molecule has 0 bridgehead atoms. The Balaban J connectivity index is 1.72. The highest BCUT2D eigenvalue weighted by Crippen LogP contribution is 2.29. The van der Waals surface area contributed by atoms with Crippen LogP contribution in [0.1, 0.15) is 11.4 Å². The molecule has 0 fully saturated rings. The van der Waals surface area contributed by atoms with Crippen molar-refractivity contribution in [3.05, 3.63) is 59.9 Å². The highest BCUT2D eigenvalue weighted by Gasteiger charge is 2.11. The Bertz CT molecular complexity index is 738. The topological polar surface area (TPSA) is 79.4 Å². The van der Waals surface area contributed by atoms with E-state index < -0.39 is 0 Å². The first-order chi connectivity index (χ1) is 10.2. The Labute approximate surface area is 121 Å². The molecular formula is C16H14N2O3. The zero-order valence-electron chi connectivity index (χ0n) is 11.2. The van der Waals surface area contributed by atoms with E-state index in [2.05, 4.69) is 22.3 Å². The number of nitrogens with zero attached hydrogens (tertiary/aromatic N) is 2. The summed E-state index contributed by atoms with van der Waals surface area (Å²) in [5, 5.41) is 22.7. The maximum absolute atomic E-state index is 9.48. The zero-order valence-corrected chi connectivity index (χ0v) is 11.2. The first-order valence-corrected chi connectivity index (χ1v) is 6.61. The van der Waals surface area contributed by atoms with E-state index in [0.29, 0.717) is 23.7 Å². The Morgan fingerprint density at radius 2 is 1.71 bits per heavy atom. The Kier molecular flexibility index (Phi) is 3.55. The van der Waals surface area contributed by atoms with Crippen LogP contribution in [0, 0.1) is 0 Å². The van der Waals surface area contributed by atoms with Gasteiger partial charge in [0.1, 0.15) is 0 Å². The van der Waals surface area contributed by atoms with Gasteiger partial charge in [0, 0.05) is 12.0 Å². The number of phenolic OH excluding ortho intramolecular Hbond substituents is 2. The van der Waals surface area contributed by atoms with Crippen molar-refractivity contribution < 1.29 is 14.7 Å². The molecule has 0 aliphatic carbocycles. The number of rotatable bonds is 4. The Morgan fingerprint density at radius 1 is 0.905 bits per heavy atom. The second-order valence-corrected chi connectivity index (χ2v) is 4.70. The summed E-state index contributed by atoms with van der Waals surface area (Å²) in [6, 6.07) is 14.5. The van der Waals surface area contributed by atoms with Crippen LogP contribution in [0.4, 0.5) is 0 Å². The van der Waals surface area contributed by atoms with Crippen LogP contribution >= 0.6 is 0 Å². The standard InChI is InChI=1S/C16H14N2O3/c19-13-8-7-12(10-14(13)20)16-17-15(18-21-16)9-6-11-4-2-1-3-5-11/h1-5,7-8,10,19-20H,6,9H2. The highest BCUT2D eigenvalue weighted by atomic mass is 16.5. The summed E-state index contributed by atoms with van der Waals surface area (Å²) in [5.74, 6) is 0.550. The van der Waals surface area contributed by atoms with E-state index in [9.17, 15) is 10.2 Å². The molecule has 3 aromatic rings. The van der Waals surface area contributed by atoms with Gasteiger partial charge in [-0.2, -0.15) is 4.98 Å². The van der Waals surface area contributed by atoms with E-state index in [1.165, 1.54) is 17.7 Å². The molecule has 0 radical (unpaired) electrons. The van der Waals surface area contributed by atoms with Crippen molar-refractivity contribution in [3.8, 4) is 23.0 Å². The van der Waals surface area contributed by atoms with Gasteiger partial charge < -0.3 is 14.7 Å². The molecule has 0 saturated heterocycles. The summed E-state index contributed by atoms with van der Waals surface area (Å²) in [5.41, 5.74) is 1.79. The summed E-state index contributed by atoms with van der Waals surface area (Å²) in [6.45, 7) is 0. The molecule has 1 heterocycles. The van der Waals surface area contributed by atoms with Gasteiger partial charge in [-0.05, 0) is 30.2 Å².